The number of aliphatic imine (C=N–C) groups is 1. The molecule has 1 atom stereocenters. The van der Waals surface area contributed by atoms with Gasteiger partial charge in [-0.15, -0.1) is 0 Å². The van der Waals surface area contributed by atoms with Gasteiger partial charge in [-0.3, -0.25) is 9.59 Å². The van der Waals surface area contributed by atoms with Crippen LogP contribution in [-0.4, -0.2) is 30.2 Å². The zero-order valence-electron chi connectivity index (χ0n) is 17.2. The van der Waals surface area contributed by atoms with E-state index in [0.717, 1.165) is 16.8 Å². The Balaban J connectivity index is 1.54. The smallest absolute Gasteiger partial charge is 0.272 e. The van der Waals surface area contributed by atoms with E-state index >= 15 is 0 Å². The van der Waals surface area contributed by atoms with E-state index in [-0.39, 0.29) is 5.91 Å². The molecule has 2 aliphatic heterocycles. The third-order valence-corrected chi connectivity index (χ3v) is 5.64. The number of hydrogen-bond acceptors (Lipinski definition) is 3. The minimum Gasteiger partial charge on any atom is -0.323 e. The summed E-state index contributed by atoms with van der Waals surface area (Å²) in [7, 11) is 0. The third kappa shape index (κ3) is 3.60. The average molecular weight is 425 g/mol. The fraction of sp³-hybridized carbons (Fsp3) is 0.115. The fourth-order valence-electron chi connectivity index (χ4n) is 4.15. The maximum atomic E-state index is 14.7. The number of hydrogen-bond donors (Lipinski definition) is 1. The van der Waals surface area contributed by atoms with Crippen molar-refractivity contribution in [1.82, 2.24) is 5.32 Å². The molecule has 5 rings (SSSR count). The summed E-state index contributed by atoms with van der Waals surface area (Å²) in [6, 6.07) is 21.4. The number of rotatable bonds is 4. The highest BCUT2D eigenvalue weighted by atomic mass is 19.1. The second kappa shape index (κ2) is 8.23. The minimum absolute atomic E-state index is 0.293. The number of halogens is 1. The molecule has 0 aliphatic carbocycles. The fourth-order valence-corrected chi connectivity index (χ4v) is 4.15. The number of carbonyl (C=O) groups excluding carboxylic acids is 2. The van der Waals surface area contributed by atoms with Gasteiger partial charge in [0, 0.05) is 23.7 Å². The number of anilines is 1. The molecule has 2 amide bonds. The summed E-state index contributed by atoms with van der Waals surface area (Å²) in [5, 5.41) is 2.69. The van der Waals surface area contributed by atoms with Gasteiger partial charge in [0.15, 0.2) is 0 Å². The van der Waals surface area contributed by atoms with Gasteiger partial charge in [-0.1, -0.05) is 60.7 Å². The van der Waals surface area contributed by atoms with Gasteiger partial charge >= 0.3 is 0 Å². The number of nitrogens with one attached hydrogen (secondary N) is 1. The second-order valence-electron chi connectivity index (χ2n) is 7.67. The van der Waals surface area contributed by atoms with E-state index in [0.29, 0.717) is 29.8 Å². The van der Waals surface area contributed by atoms with Crippen molar-refractivity contribution in [1.29, 1.82) is 0 Å². The quantitative estimate of drug-likeness (QED) is 0.648. The summed E-state index contributed by atoms with van der Waals surface area (Å²) in [6.45, 7) is 0.497. The molecule has 3 aromatic rings. The molecule has 32 heavy (non-hydrogen) atoms. The molecule has 1 N–H and O–H groups in total. The number of benzene rings is 3. The lowest BCUT2D eigenvalue weighted by Gasteiger charge is -2.20. The molecule has 0 bridgehead atoms. The highest BCUT2D eigenvalue weighted by Crippen LogP contribution is 2.36. The topological polar surface area (TPSA) is 61.8 Å². The summed E-state index contributed by atoms with van der Waals surface area (Å²) in [4.78, 5) is 32.2. The van der Waals surface area contributed by atoms with Crippen molar-refractivity contribution in [2.24, 2.45) is 4.99 Å². The Labute approximate surface area is 184 Å². The van der Waals surface area contributed by atoms with Crippen molar-refractivity contribution >= 4 is 29.3 Å². The van der Waals surface area contributed by atoms with Crippen LogP contribution < -0.4 is 10.2 Å². The molecule has 3 aromatic carbocycles. The van der Waals surface area contributed by atoms with Crippen LogP contribution in [0.4, 0.5) is 10.1 Å². The molecule has 0 saturated carbocycles. The van der Waals surface area contributed by atoms with Crippen molar-refractivity contribution in [3.8, 4) is 0 Å². The summed E-state index contributed by atoms with van der Waals surface area (Å²) in [5.74, 6) is -1.21. The lowest BCUT2D eigenvalue weighted by Crippen LogP contribution is -2.46. The van der Waals surface area contributed by atoms with Crippen molar-refractivity contribution in [2.75, 3.05) is 11.4 Å². The lowest BCUT2D eigenvalue weighted by molar-refractivity contribution is -0.125. The van der Waals surface area contributed by atoms with Gasteiger partial charge in [0.05, 0.1) is 11.4 Å². The standard InChI is InChI=1S/C26H20FN3O2/c27-21-12-5-4-10-19(21)23-20-11-6-9-18-15-16-30(24(18)20)26(32)25(29-23)28-22(31)14-13-17-7-2-1-3-8-17/h1-14,25H,15-16H2,(H,28,31). The Morgan fingerprint density at radius 2 is 1.75 bits per heavy atom. The Morgan fingerprint density at radius 3 is 2.56 bits per heavy atom. The molecule has 158 valence electrons. The van der Waals surface area contributed by atoms with Crippen molar-refractivity contribution in [3.05, 3.63) is 107 Å². The van der Waals surface area contributed by atoms with Crippen LogP contribution in [-0.2, 0) is 16.0 Å². The second-order valence-corrected chi connectivity index (χ2v) is 7.67. The van der Waals surface area contributed by atoms with Gasteiger partial charge in [0.25, 0.3) is 5.91 Å². The van der Waals surface area contributed by atoms with E-state index in [4.69, 9.17) is 0 Å². The van der Waals surface area contributed by atoms with Crippen LogP contribution in [0.15, 0.2) is 83.9 Å². The van der Waals surface area contributed by atoms with Crippen LogP contribution in [0.25, 0.3) is 6.08 Å². The van der Waals surface area contributed by atoms with Crippen molar-refractivity contribution in [3.63, 3.8) is 0 Å². The molecule has 2 aliphatic rings. The zero-order valence-corrected chi connectivity index (χ0v) is 17.2. The first-order chi connectivity index (χ1) is 15.6. The van der Waals surface area contributed by atoms with Gasteiger partial charge in [0.2, 0.25) is 12.1 Å². The molecular weight excluding hydrogens is 405 g/mol. The number of nitrogens with zero attached hydrogens (tertiary/aromatic N) is 2. The Morgan fingerprint density at radius 1 is 1.00 bits per heavy atom. The largest absolute Gasteiger partial charge is 0.323 e. The van der Waals surface area contributed by atoms with E-state index in [2.05, 4.69) is 10.3 Å². The van der Waals surface area contributed by atoms with Crippen molar-refractivity contribution < 1.29 is 14.0 Å². The van der Waals surface area contributed by atoms with Crippen LogP contribution >= 0.6 is 0 Å². The first-order valence-corrected chi connectivity index (χ1v) is 10.4. The SMILES string of the molecule is O=C(C=Cc1ccccc1)NC1N=C(c2ccccc2F)c2cccc3c2N(CC3)C1=O. The highest BCUT2D eigenvalue weighted by molar-refractivity contribution is 6.21. The van der Waals surface area contributed by atoms with Crippen molar-refractivity contribution in [2.45, 2.75) is 12.6 Å². The van der Waals surface area contributed by atoms with E-state index in [1.807, 2.05) is 48.5 Å². The maximum Gasteiger partial charge on any atom is 0.272 e. The molecule has 0 spiro atoms. The van der Waals surface area contributed by atoms with Gasteiger partial charge < -0.3 is 10.2 Å². The molecule has 0 radical (unpaired) electrons. The summed E-state index contributed by atoms with van der Waals surface area (Å²) in [6.07, 6.45) is 2.58. The van der Waals surface area contributed by atoms with Gasteiger partial charge in [-0.2, -0.15) is 0 Å². The van der Waals surface area contributed by atoms with E-state index < -0.39 is 17.9 Å². The lowest BCUT2D eigenvalue weighted by atomic mass is 9.98. The first-order valence-electron chi connectivity index (χ1n) is 10.4. The van der Waals surface area contributed by atoms with Crippen LogP contribution in [0.1, 0.15) is 22.3 Å². The maximum absolute atomic E-state index is 14.7. The third-order valence-electron chi connectivity index (χ3n) is 5.64. The van der Waals surface area contributed by atoms with E-state index in [9.17, 15) is 14.0 Å². The number of amides is 2. The monoisotopic (exact) mass is 425 g/mol. The molecule has 2 heterocycles. The molecule has 0 saturated heterocycles. The summed E-state index contributed by atoms with van der Waals surface area (Å²) in [5.41, 5.74) is 3.96. The molecule has 5 nitrogen and oxygen atoms in total. The van der Waals surface area contributed by atoms with Crippen LogP contribution in [0.3, 0.4) is 0 Å². The van der Waals surface area contributed by atoms with Crippen LogP contribution in [0.2, 0.25) is 0 Å². The van der Waals surface area contributed by atoms with Gasteiger partial charge in [-0.25, -0.2) is 9.38 Å². The van der Waals surface area contributed by atoms with Crippen LogP contribution in [0.5, 0.6) is 0 Å². The van der Waals surface area contributed by atoms with Gasteiger partial charge in [0.1, 0.15) is 5.82 Å². The first kappa shape index (κ1) is 19.9. The summed E-state index contributed by atoms with van der Waals surface area (Å²) >= 11 is 0. The van der Waals surface area contributed by atoms with Gasteiger partial charge in [-0.05, 0) is 35.8 Å². The Kier molecular flexibility index (Phi) is 5.11. The Bertz CT molecular complexity index is 1270. The normalized spacial score (nSPS) is 17.2. The predicted molar refractivity (Wildman–Crippen MR) is 122 cm³/mol. The Hall–Kier alpha value is -4.06. The molecule has 0 aromatic heterocycles. The predicted octanol–water partition coefficient (Wildman–Crippen LogP) is 3.72. The highest BCUT2D eigenvalue weighted by Gasteiger charge is 2.37. The van der Waals surface area contributed by atoms with E-state index in [1.165, 1.54) is 12.1 Å². The summed E-state index contributed by atoms with van der Waals surface area (Å²) < 4.78 is 14.7. The molecule has 6 heteroatoms. The average Bonchev–Trinajstić information content (AvgIpc) is 3.21. The molecule has 0 fully saturated rings. The van der Waals surface area contributed by atoms with E-state index in [1.54, 1.807) is 29.2 Å². The number of carbonyl (C=O) groups is 2. The van der Waals surface area contributed by atoms with Crippen LogP contribution in [0, 0.1) is 5.82 Å². The molecule has 1 unspecified atom stereocenters. The zero-order chi connectivity index (χ0) is 22.1. The molecular formula is C26H20FN3O2. The number of para-hydroxylation sites is 1. The minimum atomic E-state index is -1.16.